The van der Waals surface area contributed by atoms with E-state index >= 15 is 0 Å². The van der Waals surface area contributed by atoms with Crippen molar-refractivity contribution in [2.24, 2.45) is 5.92 Å². The average Bonchev–Trinajstić information content (AvgIpc) is 3.08. The van der Waals surface area contributed by atoms with Crippen LogP contribution in [0.4, 0.5) is 5.69 Å². The highest BCUT2D eigenvalue weighted by atomic mass is 35.5. The molecule has 2 aromatic heterocycles. The molecule has 0 aliphatic heterocycles. The number of aromatic nitrogens is 3. The predicted octanol–water partition coefficient (Wildman–Crippen LogP) is 2.96. The molecular weight excluding hydrogens is 256 g/mol. The first-order valence-corrected chi connectivity index (χ1v) is 6.13. The summed E-state index contributed by atoms with van der Waals surface area (Å²) in [4.78, 5) is 14.4. The highest BCUT2D eigenvalue weighted by Crippen LogP contribution is 2.41. The largest absolute Gasteiger partial charge is 0.306 e. The van der Waals surface area contributed by atoms with Crippen molar-refractivity contribution in [3.63, 3.8) is 0 Å². The summed E-state index contributed by atoms with van der Waals surface area (Å²) in [5.41, 5.74) is 0.438. The molecule has 1 aliphatic carbocycles. The van der Waals surface area contributed by atoms with Crippen LogP contribution in [0.5, 0.6) is 0 Å². The van der Waals surface area contributed by atoms with Gasteiger partial charge in [-0.05, 0) is 25.7 Å². The molecule has 1 fully saturated rings. The van der Waals surface area contributed by atoms with Crippen LogP contribution >= 0.6 is 11.6 Å². The fourth-order valence-corrected chi connectivity index (χ4v) is 2.41. The highest BCUT2D eigenvalue weighted by Gasteiger charge is 2.31. The monoisotopic (exact) mass is 266 g/mol. The summed E-state index contributed by atoms with van der Waals surface area (Å²) in [6, 6.07) is 0.257. The molecule has 0 spiro atoms. The first-order valence-electron chi connectivity index (χ1n) is 5.75. The predicted molar refractivity (Wildman–Crippen MR) is 66.6 cm³/mol. The van der Waals surface area contributed by atoms with Gasteiger partial charge < -0.3 is 0 Å². The van der Waals surface area contributed by atoms with E-state index < -0.39 is 4.92 Å². The quantitative estimate of drug-likeness (QED) is 0.632. The van der Waals surface area contributed by atoms with E-state index in [1.807, 2.05) is 4.68 Å². The second-order valence-corrected chi connectivity index (χ2v) is 5.00. The molecule has 3 rings (SSSR count). The summed E-state index contributed by atoms with van der Waals surface area (Å²) in [7, 11) is 0. The molecule has 1 saturated carbocycles. The van der Waals surface area contributed by atoms with Gasteiger partial charge in [0.15, 0.2) is 5.65 Å². The lowest BCUT2D eigenvalue weighted by molar-refractivity contribution is -0.384. The molecular formula is C11H11ClN4O2. The molecule has 0 saturated heterocycles. The standard InChI is InChI=1S/C11H11ClN4O2/c1-6(7-2-3-7)15-11-8(4-14-15)10(12)9(5-13-11)16(17)18/h4-7H,2-3H2,1H3/t6-/m0/s1. The van der Waals surface area contributed by atoms with Crippen LogP contribution in [-0.2, 0) is 0 Å². The summed E-state index contributed by atoms with van der Waals surface area (Å²) in [5, 5.41) is 15.7. The van der Waals surface area contributed by atoms with Gasteiger partial charge in [-0.2, -0.15) is 5.10 Å². The molecule has 0 aromatic carbocycles. The summed E-state index contributed by atoms with van der Waals surface area (Å²) in [6.07, 6.45) is 5.14. The van der Waals surface area contributed by atoms with Crippen molar-refractivity contribution in [1.29, 1.82) is 0 Å². The van der Waals surface area contributed by atoms with Gasteiger partial charge in [-0.3, -0.25) is 10.1 Å². The first kappa shape index (κ1) is 11.4. The maximum absolute atomic E-state index is 10.8. The van der Waals surface area contributed by atoms with Gasteiger partial charge >= 0.3 is 5.69 Å². The normalized spacial score (nSPS) is 17.0. The van der Waals surface area contributed by atoms with Crippen LogP contribution in [0.2, 0.25) is 5.02 Å². The zero-order valence-corrected chi connectivity index (χ0v) is 10.5. The third-order valence-electron chi connectivity index (χ3n) is 3.43. The van der Waals surface area contributed by atoms with Crippen LogP contribution in [-0.4, -0.2) is 19.7 Å². The lowest BCUT2D eigenvalue weighted by atomic mass is 10.2. The molecule has 2 aromatic rings. The minimum Gasteiger partial charge on any atom is -0.258 e. The molecule has 94 valence electrons. The van der Waals surface area contributed by atoms with Gasteiger partial charge in [-0.25, -0.2) is 9.67 Å². The van der Waals surface area contributed by atoms with Gasteiger partial charge in [-0.1, -0.05) is 11.6 Å². The van der Waals surface area contributed by atoms with Crippen LogP contribution < -0.4 is 0 Å². The Morgan fingerprint density at radius 1 is 1.56 bits per heavy atom. The van der Waals surface area contributed by atoms with Crippen LogP contribution in [0.15, 0.2) is 12.4 Å². The Balaban J connectivity index is 2.15. The zero-order valence-electron chi connectivity index (χ0n) is 9.71. The van der Waals surface area contributed by atoms with Crippen molar-refractivity contribution in [2.45, 2.75) is 25.8 Å². The van der Waals surface area contributed by atoms with E-state index in [2.05, 4.69) is 17.0 Å². The van der Waals surface area contributed by atoms with Crippen molar-refractivity contribution < 1.29 is 4.92 Å². The second kappa shape index (κ2) is 3.91. The molecule has 2 heterocycles. The number of hydrogen-bond acceptors (Lipinski definition) is 4. The maximum atomic E-state index is 10.8. The van der Waals surface area contributed by atoms with E-state index in [-0.39, 0.29) is 16.8 Å². The zero-order chi connectivity index (χ0) is 12.9. The molecule has 18 heavy (non-hydrogen) atoms. The third-order valence-corrected chi connectivity index (χ3v) is 3.82. The molecule has 0 bridgehead atoms. The van der Waals surface area contributed by atoms with Crippen molar-refractivity contribution in [2.75, 3.05) is 0 Å². The van der Waals surface area contributed by atoms with Gasteiger partial charge in [0.05, 0.1) is 22.5 Å². The molecule has 0 unspecified atom stereocenters. The average molecular weight is 267 g/mol. The first-order chi connectivity index (χ1) is 8.59. The molecule has 0 radical (unpaired) electrons. The van der Waals surface area contributed by atoms with Crippen molar-refractivity contribution in [1.82, 2.24) is 14.8 Å². The third kappa shape index (κ3) is 1.64. The fourth-order valence-electron chi connectivity index (χ4n) is 2.16. The topological polar surface area (TPSA) is 73.8 Å². The number of pyridine rings is 1. The lowest BCUT2D eigenvalue weighted by Gasteiger charge is -2.11. The van der Waals surface area contributed by atoms with Crippen LogP contribution in [0, 0.1) is 16.0 Å². The Kier molecular flexibility index (Phi) is 2.48. The molecule has 7 heteroatoms. The van der Waals surface area contributed by atoms with E-state index in [9.17, 15) is 10.1 Å². The summed E-state index contributed by atoms with van der Waals surface area (Å²) in [5.74, 6) is 0.629. The molecule has 1 aliphatic rings. The molecule has 1 atom stereocenters. The SMILES string of the molecule is C[C@@H](C1CC1)n1ncc2c(Cl)c([N+](=O)[O-])cnc21. The van der Waals surface area contributed by atoms with E-state index in [1.54, 1.807) is 6.20 Å². The van der Waals surface area contributed by atoms with Gasteiger partial charge in [0.2, 0.25) is 0 Å². The molecule has 0 amide bonds. The number of hydrogen-bond donors (Lipinski definition) is 0. The smallest absolute Gasteiger partial charge is 0.258 e. The Morgan fingerprint density at radius 3 is 2.89 bits per heavy atom. The second-order valence-electron chi connectivity index (χ2n) is 4.62. The van der Waals surface area contributed by atoms with Gasteiger partial charge in [0.1, 0.15) is 11.2 Å². The number of rotatable bonds is 3. The van der Waals surface area contributed by atoms with Gasteiger partial charge in [0, 0.05) is 0 Å². The number of fused-ring (bicyclic) bond motifs is 1. The minimum atomic E-state index is -0.531. The van der Waals surface area contributed by atoms with Crippen molar-refractivity contribution in [3.8, 4) is 0 Å². The lowest BCUT2D eigenvalue weighted by Crippen LogP contribution is -2.09. The van der Waals surface area contributed by atoms with E-state index in [1.165, 1.54) is 19.0 Å². The summed E-state index contributed by atoms with van der Waals surface area (Å²) in [6.45, 7) is 2.08. The Hall–Kier alpha value is -1.69. The Bertz CT molecular complexity index is 635. The van der Waals surface area contributed by atoms with Crippen molar-refractivity contribution >= 4 is 28.3 Å². The molecule has 6 nitrogen and oxygen atoms in total. The van der Waals surface area contributed by atoms with Crippen molar-refractivity contribution in [3.05, 3.63) is 27.5 Å². The van der Waals surface area contributed by atoms with E-state index in [0.717, 1.165) is 0 Å². The Morgan fingerprint density at radius 2 is 2.28 bits per heavy atom. The number of nitrogens with zero attached hydrogens (tertiary/aromatic N) is 4. The van der Waals surface area contributed by atoms with E-state index in [0.29, 0.717) is 17.0 Å². The highest BCUT2D eigenvalue weighted by molar-refractivity contribution is 6.37. The minimum absolute atomic E-state index is 0.110. The van der Waals surface area contributed by atoms with Gasteiger partial charge in [-0.15, -0.1) is 0 Å². The van der Waals surface area contributed by atoms with E-state index in [4.69, 9.17) is 11.6 Å². The van der Waals surface area contributed by atoms with Gasteiger partial charge in [0.25, 0.3) is 0 Å². The summed E-state index contributed by atoms with van der Waals surface area (Å²) < 4.78 is 1.81. The van der Waals surface area contributed by atoms with Crippen LogP contribution in [0.25, 0.3) is 11.0 Å². The summed E-state index contributed by atoms with van der Waals surface area (Å²) >= 11 is 6.01. The maximum Gasteiger partial charge on any atom is 0.306 e. The number of halogens is 1. The van der Waals surface area contributed by atoms with Crippen LogP contribution in [0.1, 0.15) is 25.8 Å². The fraction of sp³-hybridized carbons (Fsp3) is 0.455. The number of nitro groups is 1. The Labute approximate surface area is 108 Å². The molecule has 0 N–H and O–H groups in total. The van der Waals surface area contributed by atoms with Crippen LogP contribution in [0.3, 0.4) is 0 Å².